The molecule has 2 aliphatic carbocycles. The molecule has 2 heterocycles. The Labute approximate surface area is 155 Å². The summed E-state index contributed by atoms with van der Waals surface area (Å²) in [5.41, 5.74) is 1.46. The fourth-order valence-corrected chi connectivity index (χ4v) is 4.74. The summed E-state index contributed by atoms with van der Waals surface area (Å²) in [6, 6.07) is 0.478. The van der Waals surface area contributed by atoms with Gasteiger partial charge in [0, 0.05) is 50.5 Å². The van der Waals surface area contributed by atoms with E-state index >= 15 is 0 Å². The molecule has 7 nitrogen and oxygen atoms in total. The van der Waals surface area contributed by atoms with E-state index in [0.717, 1.165) is 37.6 Å². The van der Waals surface area contributed by atoms with Crippen LogP contribution in [0.1, 0.15) is 44.3 Å². The number of aryl methyl sites for hydroxylation is 1. The molecule has 3 atom stereocenters. The van der Waals surface area contributed by atoms with Gasteiger partial charge in [0.25, 0.3) is 0 Å². The smallest absolute Gasteiger partial charge is 0.194 e. The van der Waals surface area contributed by atoms with Crippen molar-refractivity contribution in [3.05, 3.63) is 18.0 Å². The summed E-state index contributed by atoms with van der Waals surface area (Å²) in [5.74, 6) is 0.994. The number of guanidine groups is 1. The van der Waals surface area contributed by atoms with E-state index in [1.807, 2.05) is 31.2 Å². The topological polar surface area (TPSA) is 63.9 Å². The maximum atomic E-state index is 5.98. The van der Waals surface area contributed by atoms with Crippen LogP contribution in [0.15, 0.2) is 17.4 Å². The van der Waals surface area contributed by atoms with Crippen LogP contribution in [0.4, 0.5) is 0 Å². The summed E-state index contributed by atoms with van der Waals surface area (Å²) in [4.78, 5) is 6.90. The van der Waals surface area contributed by atoms with Gasteiger partial charge in [-0.25, -0.2) is 0 Å². The summed E-state index contributed by atoms with van der Waals surface area (Å²) in [6.07, 6.45) is 9.35. The normalized spacial score (nSPS) is 30.8. The quantitative estimate of drug-likeness (QED) is 0.653. The molecule has 3 unspecified atom stereocenters. The second-order valence-electron chi connectivity index (χ2n) is 7.76. The third-order valence-electron chi connectivity index (χ3n) is 6.42. The van der Waals surface area contributed by atoms with Crippen LogP contribution in [0.2, 0.25) is 0 Å². The minimum atomic E-state index is 0.0474. The van der Waals surface area contributed by atoms with Gasteiger partial charge in [0.15, 0.2) is 5.96 Å². The van der Waals surface area contributed by atoms with E-state index in [1.54, 1.807) is 0 Å². The molecule has 1 N–H and O–H groups in total. The van der Waals surface area contributed by atoms with Crippen molar-refractivity contribution in [3.63, 3.8) is 0 Å². The molecule has 26 heavy (non-hydrogen) atoms. The average molecular weight is 361 g/mol. The monoisotopic (exact) mass is 361 g/mol. The van der Waals surface area contributed by atoms with Gasteiger partial charge in [-0.15, -0.1) is 0 Å². The summed E-state index contributed by atoms with van der Waals surface area (Å²) in [6.45, 7) is 5.28. The Balaban J connectivity index is 1.40. The number of rotatable bonds is 4. The number of hydrogen-bond acceptors (Lipinski definition) is 4. The third-order valence-corrected chi connectivity index (χ3v) is 6.42. The molecule has 0 radical (unpaired) electrons. The Morgan fingerprint density at radius 3 is 2.96 bits per heavy atom. The highest BCUT2D eigenvalue weighted by molar-refractivity contribution is 5.80. The van der Waals surface area contributed by atoms with E-state index in [1.165, 1.54) is 19.3 Å². The number of ether oxygens (including phenoxy) is 2. The van der Waals surface area contributed by atoms with Crippen molar-refractivity contribution in [1.29, 1.82) is 0 Å². The summed E-state index contributed by atoms with van der Waals surface area (Å²) >= 11 is 0. The predicted molar refractivity (Wildman–Crippen MR) is 100 cm³/mol. The molecule has 144 valence electrons. The fraction of sp³-hybridized carbons (Fsp3) is 0.789. The van der Waals surface area contributed by atoms with Crippen molar-refractivity contribution in [2.45, 2.75) is 50.9 Å². The Hall–Kier alpha value is -1.60. The molecule has 0 amide bonds. The van der Waals surface area contributed by atoms with E-state index < -0.39 is 0 Å². The summed E-state index contributed by atoms with van der Waals surface area (Å²) in [7, 11) is 3.82. The molecule has 2 saturated carbocycles. The van der Waals surface area contributed by atoms with Gasteiger partial charge in [0.05, 0.1) is 25.5 Å². The molecule has 1 saturated heterocycles. The van der Waals surface area contributed by atoms with E-state index in [0.29, 0.717) is 24.2 Å². The maximum Gasteiger partial charge on any atom is 0.194 e. The lowest BCUT2D eigenvalue weighted by Crippen LogP contribution is -2.69. The predicted octanol–water partition coefficient (Wildman–Crippen LogP) is 1.72. The number of hydrogen-bond donors (Lipinski definition) is 1. The van der Waals surface area contributed by atoms with Crippen LogP contribution in [0.5, 0.6) is 0 Å². The largest absolute Gasteiger partial charge is 0.378 e. The molecule has 3 aliphatic rings. The van der Waals surface area contributed by atoms with Crippen molar-refractivity contribution >= 4 is 5.96 Å². The van der Waals surface area contributed by atoms with E-state index in [9.17, 15) is 0 Å². The number of nitrogens with zero attached hydrogens (tertiary/aromatic N) is 4. The Bertz CT molecular complexity index is 654. The Morgan fingerprint density at radius 1 is 1.50 bits per heavy atom. The lowest BCUT2D eigenvalue weighted by molar-refractivity contribution is -0.169. The first-order chi connectivity index (χ1) is 12.7. The molecular formula is C19H31N5O2. The Morgan fingerprint density at radius 2 is 2.35 bits per heavy atom. The molecule has 0 aromatic carbocycles. The first-order valence-corrected chi connectivity index (χ1v) is 9.86. The average Bonchev–Trinajstić information content (AvgIpc) is 3.03. The lowest BCUT2D eigenvalue weighted by Gasteiger charge is -2.61. The van der Waals surface area contributed by atoms with Crippen LogP contribution < -0.4 is 5.32 Å². The van der Waals surface area contributed by atoms with Gasteiger partial charge in [0.1, 0.15) is 6.10 Å². The van der Waals surface area contributed by atoms with Crippen LogP contribution in [-0.2, 0) is 16.5 Å². The number of aliphatic imine (C=N–C) groups is 1. The lowest BCUT2D eigenvalue weighted by atomic mass is 9.51. The first-order valence-electron chi connectivity index (χ1n) is 9.86. The minimum Gasteiger partial charge on any atom is -0.378 e. The van der Waals surface area contributed by atoms with Gasteiger partial charge in [-0.3, -0.25) is 9.67 Å². The standard InChI is InChI=1S/C19H31N5O2/c1-4-25-17-10-16(19(17)6-5-7-19)22-18(20-2)24-8-9-26-15(13-24)14-11-21-23(3)12-14/h11-12,15-17H,4-10,13H2,1-3H3,(H,20,22). The molecule has 3 fully saturated rings. The van der Waals surface area contributed by atoms with Crippen LogP contribution in [0.25, 0.3) is 0 Å². The highest BCUT2D eigenvalue weighted by Crippen LogP contribution is 2.57. The van der Waals surface area contributed by atoms with Gasteiger partial charge >= 0.3 is 0 Å². The zero-order valence-electron chi connectivity index (χ0n) is 16.1. The molecule has 0 bridgehead atoms. The van der Waals surface area contributed by atoms with Crippen molar-refractivity contribution < 1.29 is 9.47 Å². The van der Waals surface area contributed by atoms with Gasteiger partial charge in [-0.05, 0) is 26.2 Å². The Kier molecular flexibility index (Phi) is 4.92. The molecule has 1 spiro atoms. The van der Waals surface area contributed by atoms with Gasteiger partial charge in [-0.2, -0.15) is 5.10 Å². The second-order valence-corrected chi connectivity index (χ2v) is 7.76. The molecular weight excluding hydrogens is 330 g/mol. The number of morpholine rings is 1. The minimum absolute atomic E-state index is 0.0474. The zero-order valence-corrected chi connectivity index (χ0v) is 16.1. The van der Waals surface area contributed by atoms with Crippen molar-refractivity contribution in [2.24, 2.45) is 17.5 Å². The highest BCUT2D eigenvalue weighted by atomic mass is 16.5. The molecule has 1 aromatic rings. The van der Waals surface area contributed by atoms with E-state index in [-0.39, 0.29) is 6.10 Å². The third kappa shape index (κ3) is 3.01. The van der Waals surface area contributed by atoms with Gasteiger partial charge in [0.2, 0.25) is 0 Å². The summed E-state index contributed by atoms with van der Waals surface area (Å²) < 4.78 is 13.8. The van der Waals surface area contributed by atoms with Gasteiger partial charge in [-0.1, -0.05) is 6.42 Å². The highest BCUT2D eigenvalue weighted by Gasteiger charge is 2.59. The fourth-order valence-electron chi connectivity index (χ4n) is 4.74. The number of nitrogens with one attached hydrogen (secondary N) is 1. The van der Waals surface area contributed by atoms with Crippen LogP contribution in [-0.4, -0.2) is 66.1 Å². The van der Waals surface area contributed by atoms with E-state index in [4.69, 9.17) is 9.47 Å². The van der Waals surface area contributed by atoms with Gasteiger partial charge < -0.3 is 19.7 Å². The van der Waals surface area contributed by atoms with Crippen LogP contribution >= 0.6 is 0 Å². The van der Waals surface area contributed by atoms with Crippen LogP contribution in [0.3, 0.4) is 0 Å². The second kappa shape index (κ2) is 7.19. The molecule has 1 aromatic heterocycles. The van der Waals surface area contributed by atoms with Crippen molar-refractivity contribution in [1.82, 2.24) is 20.0 Å². The van der Waals surface area contributed by atoms with E-state index in [2.05, 4.69) is 27.2 Å². The zero-order chi connectivity index (χ0) is 18.1. The van der Waals surface area contributed by atoms with Crippen molar-refractivity contribution in [2.75, 3.05) is 33.4 Å². The van der Waals surface area contributed by atoms with Crippen molar-refractivity contribution in [3.8, 4) is 0 Å². The molecule has 7 heteroatoms. The number of aromatic nitrogens is 2. The first kappa shape index (κ1) is 17.8. The molecule has 1 aliphatic heterocycles. The molecule has 4 rings (SSSR count). The summed E-state index contributed by atoms with van der Waals surface area (Å²) in [5, 5.41) is 8.03. The SMILES string of the molecule is CCOC1CC(NC(=NC)N2CCOC(c3cnn(C)c3)C2)C12CCC2. The maximum absolute atomic E-state index is 5.98. The van der Waals surface area contributed by atoms with Crippen LogP contribution in [0, 0.1) is 5.41 Å².